The molecule has 0 bridgehead atoms. The lowest BCUT2D eigenvalue weighted by molar-refractivity contribution is 0.866. The van der Waals surface area contributed by atoms with Crippen LogP contribution in [-0.2, 0) is 6.42 Å². The van der Waals surface area contributed by atoms with Gasteiger partial charge in [-0.2, -0.15) is 0 Å². The lowest BCUT2D eigenvalue weighted by Crippen LogP contribution is -2.13. The van der Waals surface area contributed by atoms with Crippen LogP contribution in [-0.4, -0.2) is 19.5 Å². The van der Waals surface area contributed by atoms with Crippen molar-refractivity contribution in [1.29, 1.82) is 0 Å². The first-order valence-corrected chi connectivity index (χ1v) is 5.42. The molecule has 0 amide bonds. The van der Waals surface area contributed by atoms with Gasteiger partial charge in [-0.05, 0) is 12.1 Å². The first-order chi connectivity index (χ1) is 7.72. The Morgan fingerprint density at radius 1 is 1.50 bits per heavy atom. The first-order valence-electron chi connectivity index (χ1n) is 5.02. The molecule has 0 saturated carbocycles. The van der Waals surface area contributed by atoms with E-state index in [1.807, 2.05) is 22.9 Å². The number of hydrogen-bond donors (Lipinski definition) is 1. The van der Waals surface area contributed by atoms with Gasteiger partial charge in [-0.3, -0.25) is 4.57 Å². The SMILES string of the molecule is CCc1nccn1-c1cccc(C(N)=S)n1. The van der Waals surface area contributed by atoms with Gasteiger partial charge in [0.25, 0.3) is 0 Å². The third-order valence-corrected chi connectivity index (χ3v) is 2.48. The fourth-order valence-corrected chi connectivity index (χ4v) is 1.61. The molecule has 16 heavy (non-hydrogen) atoms. The summed E-state index contributed by atoms with van der Waals surface area (Å²) >= 11 is 4.90. The van der Waals surface area contributed by atoms with E-state index in [1.165, 1.54) is 0 Å². The molecule has 2 rings (SSSR count). The molecule has 5 heteroatoms. The van der Waals surface area contributed by atoms with E-state index in [1.54, 1.807) is 12.3 Å². The van der Waals surface area contributed by atoms with E-state index in [4.69, 9.17) is 18.0 Å². The molecule has 0 aliphatic rings. The summed E-state index contributed by atoms with van der Waals surface area (Å²) in [6, 6.07) is 5.59. The second-order valence-corrected chi connectivity index (χ2v) is 3.75. The number of nitrogens with zero attached hydrogens (tertiary/aromatic N) is 3. The molecule has 2 heterocycles. The summed E-state index contributed by atoms with van der Waals surface area (Å²) in [7, 11) is 0. The maximum absolute atomic E-state index is 5.55. The van der Waals surface area contributed by atoms with Gasteiger partial charge in [0, 0.05) is 18.8 Å². The number of aryl methyl sites for hydroxylation is 1. The highest BCUT2D eigenvalue weighted by Gasteiger charge is 2.05. The van der Waals surface area contributed by atoms with Crippen molar-refractivity contribution in [2.45, 2.75) is 13.3 Å². The molecule has 82 valence electrons. The molecular weight excluding hydrogens is 220 g/mol. The Bertz CT molecular complexity index is 518. The first kappa shape index (κ1) is 10.8. The third-order valence-electron chi connectivity index (χ3n) is 2.27. The van der Waals surface area contributed by atoms with Crippen LogP contribution in [0.1, 0.15) is 18.4 Å². The van der Waals surface area contributed by atoms with E-state index < -0.39 is 0 Å². The molecule has 0 aliphatic heterocycles. The summed E-state index contributed by atoms with van der Waals surface area (Å²) in [4.78, 5) is 8.93. The van der Waals surface area contributed by atoms with Crippen LogP contribution in [0.2, 0.25) is 0 Å². The van der Waals surface area contributed by atoms with Gasteiger partial charge in [0.1, 0.15) is 16.6 Å². The van der Waals surface area contributed by atoms with Crippen LogP contribution in [0.5, 0.6) is 0 Å². The number of aromatic nitrogens is 3. The lowest BCUT2D eigenvalue weighted by Gasteiger charge is -2.06. The normalized spacial score (nSPS) is 10.3. The van der Waals surface area contributed by atoms with Gasteiger partial charge in [-0.25, -0.2) is 9.97 Å². The maximum Gasteiger partial charge on any atom is 0.138 e. The zero-order valence-corrected chi connectivity index (χ0v) is 9.74. The molecule has 0 fully saturated rings. The second-order valence-electron chi connectivity index (χ2n) is 3.31. The minimum atomic E-state index is 0.306. The van der Waals surface area contributed by atoms with Crippen molar-refractivity contribution in [3.63, 3.8) is 0 Å². The molecule has 0 spiro atoms. The Morgan fingerprint density at radius 2 is 2.31 bits per heavy atom. The average Bonchev–Trinajstić information content (AvgIpc) is 2.77. The van der Waals surface area contributed by atoms with E-state index in [2.05, 4.69) is 16.9 Å². The fraction of sp³-hybridized carbons (Fsp3) is 0.182. The molecule has 0 aliphatic carbocycles. The van der Waals surface area contributed by atoms with Crippen molar-refractivity contribution in [2.24, 2.45) is 5.73 Å². The molecule has 2 aromatic rings. The number of rotatable bonds is 3. The third kappa shape index (κ3) is 1.94. The average molecular weight is 232 g/mol. The Labute approximate surface area is 99.1 Å². The summed E-state index contributed by atoms with van der Waals surface area (Å²) in [6.07, 6.45) is 4.49. The highest BCUT2D eigenvalue weighted by atomic mass is 32.1. The summed E-state index contributed by atoms with van der Waals surface area (Å²) in [6.45, 7) is 2.05. The van der Waals surface area contributed by atoms with Crippen molar-refractivity contribution >= 4 is 17.2 Å². The van der Waals surface area contributed by atoms with Crippen LogP contribution in [0.4, 0.5) is 0 Å². The van der Waals surface area contributed by atoms with Gasteiger partial charge in [0.05, 0.1) is 5.69 Å². The van der Waals surface area contributed by atoms with Crippen molar-refractivity contribution in [3.05, 3.63) is 42.1 Å². The predicted molar refractivity (Wildman–Crippen MR) is 66.6 cm³/mol. The van der Waals surface area contributed by atoms with Crippen molar-refractivity contribution < 1.29 is 0 Å². The number of nitrogens with two attached hydrogens (primary N) is 1. The monoisotopic (exact) mass is 232 g/mol. The van der Waals surface area contributed by atoms with E-state index in [-0.39, 0.29) is 0 Å². The Balaban J connectivity index is 2.48. The summed E-state index contributed by atoms with van der Waals surface area (Å²) < 4.78 is 1.93. The smallest absolute Gasteiger partial charge is 0.138 e. The van der Waals surface area contributed by atoms with E-state index in [0.717, 1.165) is 18.1 Å². The molecule has 0 atom stereocenters. The molecule has 4 nitrogen and oxygen atoms in total. The van der Waals surface area contributed by atoms with Gasteiger partial charge in [0.2, 0.25) is 0 Å². The molecule has 2 aromatic heterocycles. The number of thiocarbonyl (C=S) groups is 1. The Hall–Kier alpha value is -1.75. The number of pyridine rings is 1. The van der Waals surface area contributed by atoms with E-state index in [0.29, 0.717) is 10.7 Å². The zero-order chi connectivity index (χ0) is 11.5. The highest BCUT2D eigenvalue weighted by Crippen LogP contribution is 2.09. The second kappa shape index (κ2) is 4.40. The summed E-state index contributed by atoms with van der Waals surface area (Å²) in [5, 5.41) is 0. The van der Waals surface area contributed by atoms with Crippen LogP contribution in [0, 0.1) is 0 Å². The summed E-state index contributed by atoms with van der Waals surface area (Å²) in [5.41, 5.74) is 6.18. The zero-order valence-electron chi connectivity index (χ0n) is 8.92. The van der Waals surface area contributed by atoms with Crippen LogP contribution < -0.4 is 5.73 Å². The van der Waals surface area contributed by atoms with Crippen molar-refractivity contribution in [2.75, 3.05) is 0 Å². The topological polar surface area (TPSA) is 56.7 Å². The van der Waals surface area contributed by atoms with E-state index >= 15 is 0 Å². The standard InChI is InChI=1S/C11H12N4S/c1-2-9-13-6-7-15(9)10-5-3-4-8(14-10)11(12)16/h3-7H,2H2,1H3,(H2,12,16). The lowest BCUT2D eigenvalue weighted by atomic mass is 10.3. The van der Waals surface area contributed by atoms with Crippen molar-refractivity contribution in [1.82, 2.24) is 14.5 Å². The van der Waals surface area contributed by atoms with Crippen LogP contribution >= 0.6 is 12.2 Å². The highest BCUT2D eigenvalue weighted by molar-refractivity contribution is 7.80. The van der Waals surface area contributed by atoms with Gasteiger partial charge in [-0.1, -0.05) is 25.2 Å². The number of hydrogen-bond acceptors (Lipinski definition) is 3. The minimum Gasteiger partial charge on any atom is -0.388 e. The number of imidazole rings is 1. The maximum atomic E-state index is 5.55. The molecule has 0 aromatic carbocycles. The minimum absolute atomic E-state index is 0.306. The Morgan fingerprint density at radius 3 is 3.00 bits per heavy atom. The summed E-state index contributed by atoms with van der Waals surface area (Å²) in [5.74, 6) is 1.76. The van der Waals surface area contributed by atoms with Gasteiger partial charge in [0.15, 0.2) is 0 Å². The van der Waals surface area contributed by atoms with Gasteiger partial charge < -0.3 is 5.73 Å². The molecule has 0 saturated heterocycles. The largest absolute Gasteiger partial charge is 0.388 e. The van der Waals surface area contributed by atoms with Gasteiger partial charge in [-0.15, -0.1) is 0 Å². The van der Waals surface area contributed by atoms with Crippen LogP contribution in [0.15, 0.2) is 30.6 Å². The fourth-order valence-electron chi connectivity index (χ4n) is 1.50. The van der Waals surface area contributed by atoms with Gasteiger partial charge >= 0.3 is 0 Å². The Kier molecular flexibility index (Phi) is 2.96. The molecule has 2 N–H and O–H groups in total. The molecular formula is C11H12N4S. The molecule has 0 unspecified atom stereocenters. The quantitative estimate of drug-likeness (QED) is 0.814. The predicted octanol–water partition coefficient (Wildman–Crippen LogP) is 1.46. The van der Waals surface area contributed by atoms with Crippen LogP contribution in [0.3, 0.4) is 0 Å². The van der Waals surface area contributed by atoms with Crippen molar-refractivity contribution in [3.8, 4) is 5.82 Å². The van der Waals surface area contributed by atoms with E-state index in [9.17, 15) is 0 Å². The van der Waals surface area contributed by atoms with Crippen LogP contribution in [0.25, 0.3) is 5.82 Å². The molecule has 0 radical (unpaired) electrons.